The molecule has 0 atom stereocenters. The molecule has 1 aromatic carbocycles. The first-order valence-corrected chi connectivity index (χ1v) is 10.1. The number of imidazole rings is 1. The van der Waals surface area contributed by atoms with E-state index in [0.29, 0.717) is 5.96 Å². The molecule has 148 valence electrons. The molecule has 1 fully saturated rings. The summed E-state index contributed by atoms with van der Waals surface area (Å²) in [5.74, 6) is 0.685. The molecule has 1 aliphatic carbocycles. The lowest BCUT2D eigenvalue weighted by Gasteiger charge is -2.46. The smallest absolute Gasteiger partial charge is 0.220 e. The van der Waals surface area contributed by atoms with Gasteiger partial charge in [-0.15, -0.1) is 0 Å². The van der Waals surface area contributed by atoms with Crippen LogP contribution >= 0.6 is 0 Å². The third-order valence-corrected chi connectivity index (χ3v) is 5.96. The zero-order valence-electron chi connectivity index (χ0n) is 16.5. The normalized spacial score (nSPS) is 18.7. The molecule has 0 bridgehead atoms. The van der Waals surface area contributed by atoms with Crippen LogP contribution in [0, 0.1) is 6.92 Å². The number of fused-ring (bicyclic) bond motifs is 1. The van der Waals surface area contributed by atoms with Crippen molar-refractivity contribution in [2.24, 2.45) is 21.5 Å². The van der Waals surface area contributed by atoms with Crippen molar-refractivity contribution >= 4 is 23.3 Å². The monoisotopic (exact) mass is 387 g/mol. The molecule has 0 radical (unpaired) electrons. The summed E-state index contributed by atoms with van der Waals surface area (Å²) in [6.07, 6.45) is 9.30. The van der Waals surface area contributed by atoms with Crippen LogP contribution in [0.5, 0.6) is 0 Å². The molecule has 7 nitrogen and oxygen atoms in total. The maximum atomic E-state index is 6.42. The van der Waals surface area contributed by atoms with Gasteiger partial charge in [0.1, 0.15) is 11.3 Å². The minimum Gasteiger partial charge on any atom is -0.369 e. The van der Waals surface area contributed by atoms with Crippen molar-refractivity contribution in [3.63, 3.8) is 0 Å². The van der Waals surface area contributed by atoms with Crippen molar-refractivity contribution in [1.82, 2.24) is 9.38 Å². The van der Waals surface area contributed by atoms with Crippen LogP contribution in [0.25, 0.3) is 16.9 Å². The van der Waals surface area contributed by atoms with Crippen molar-refractivity contribution in [2.45, 2.75) is 44.7 Å². The standard InChI is InChI=1S/C22H25N7/c1-15-8-9-16(17-14-28-12-6-3-7-19(28)25-17)13-18(15)29-21(24)26-20(23)27-22(29)10-4-2-5-11-22/h3,6-9,12-14H,2,4-5,10-11H2,1H3,(H4,23,24,26,27). The van der Waals surface area contributed by atoms with Gasteiger partial charge in [-0.1, -0.05) is 24.6 Å². The third-order valence-electron chi connectivity index (χ3n) is 5.96. The summed E-state index contributed by atoms with van der Waals surface area (Å²) >= 11 is 0. The summed E-state index contributed by atoms with van der Waals surface area (Å²) in [7, 11) is 0. The van der Waals surface area contributed by atoms with Gasteiger partial charge in [0.15, 0.2) is 0 Å². The summed E-state index contributed by atoms with van der Waals surface area (Å²) in [6, 6.07) is 12.4. The second-order valence-electron chi connectivity index (χ2n) is 7.91. The molecule has 3 aromatic rings. The number of benzene rings is 1. The van der Waals surface area contributed by atoms with E-state index in [1.54, 1.807) is 0 Å². The van der Waals surface area contributed by atoms with E-state index in [9.17, 15) is 0 Å². The molecule has 1 aliphatic heterocycles. The predicted molar refractivity (Wildman–Crippen MR) is 117 cm³/mol. The SMILES string of the molecule is Cc1ccc(-c2cn3ccccc3n2)cc1N1C(N)=NC(N)=NC12CCCCC2. The summed E-state index contributed by atoms with van der Waals surface area (Å²) < 4.78 is 2.03. The number of aryl methyl sites for hydroxylation is 1. The van der Waals surface area contributed by atoms with Crippen LogP contribution in [-0.4, -0.2) is 27.0 Å². The Morgan fingerprint density at radius 3 is 2.66 bits per heavy atom. The molecule has 3 heterocycles. The molecule has 29 heavy (non-hydrogen) atoms. The average molecular weight is 387 g/mol. The first kappa shape index (κ1) is 17.7. The van der Waals surface area contributed by atoms with Gasteiger partial charge in [-0.2, -0.15) is 4.99 Å². The number of anilines is 1. The Morgan fingerprint density at radius 2 is 1.86 bits per heavy atom. The van der Waals surface area contributed by atoms with Crippen LogP contribution in [0.4, 0.5) is 5.69 Å². The molecule has 0 unspecified atom stereocenters. The van der Waals surface area contributed by atoms with Gasteiger partial charge < -0.3 is 15.9 Å². The van der Waals surface area contributed by atoms with E-state index in [1.165, 1.54) is 6.42 Å². The minimum atomic E-state index is -0.448. The van der Waals surface area contributed by atoms with Gasteiger partial charge in [-0.05, 0) is 56.4 Å². The second kappa shape index (κ2) is 6.62. The molecule has 0 saturated heterocycles. The lowest BCUT2D eigenvalue weighted by atomic mass is 9.86. The van der Waals surface area contributed by atoms with Crippen LogP contribution in [0.15, 0.2) is 58.8 Å². The van der Waals surface area contributed by atoms with Crippen LogP contribution in [0.2, 0.25) is 0 Å². The molecule has 0 amide bonds. The number of pyridine rings is 1. The summed E-state index contributed by atoms with van der Waals surface area (Å²) in [6.45, 7) is 2.09. The van der Waals surface area contributed by atoms with E-state index in [-0.39, 0.29) is 5.96 Å². The van der Waals surface area contributed by atoms with Gasteiger partial charge in [0.05, 0.1) is 5.69 Å². The minimum absolute atomic E-state index is 0.273. The zero-order valence-corrected chi connectivity index (χ0v) is 16.5. The maximum absolute atomic E-state index is 6.42. The number of aromatic nitrogens is 2. The number of guanidine groups is 2. The van der Waals surface area contributed by atoms with Gasteiger partial charge in [0.25, 0.3) is 0 Å². The van der Waals surface area contributed by atoms with Crippen molar-refractivity contribution in [3.05, 3.63) is 54.4 Å². The Hall–Kier alpha value is -3.35. The highest BCUT2D eigenvalue weighted by Crippen LogP contribution is 2.41. The third kappa shape index (κ3) is 2.93. The maximum Gasteiger partial charge on any atom is 0.220 e. The quantitative estimate of drug-likeness (QED) is 0.704. The Bertz CT molecular complexity index is 1100. The number of hydrogen-bond acceptors (Lipinski definition) is 6. The lowest BCUT2D eigenvalue weighted by molar-refractivity contribution is 0.305. The molecule has 2 aliphatic rings. The Balaban J connectivity index is 1.63. The fourth-order valence-electron chi connectivity index (χ4n) is 4.55. The molecule has 4 N–H and O–H groups in total. The highest BCUT2D eigenvalue weighted by Gasteiger charge is 2.43. The second-order valence-corrected chi connectivity index (χ2v) is 7.91. The molecular formula is C22H25N7. The highest BCUT2D eigenvalue weighted by atomic mass is 15.4. The van der Waals surface area contributed by atoms with E-state index >= 15 is 0 Å². The Morgan fingerprint density at radius 1 is 1.03 bits per heavy atom. The van der Waals surface area contributed by atoms with Gasteiger partial charge in [0, 0.05) is 23.6 Å². The van der Waals surface area contributed by atoms with Crippen molar-refractivity contribution in [3.8, 4) is 11.3 Å². The van der Waals surface area contributed by atoms with E-state index in [0.717, 1.165) is 53.8 Å². The highest BCUT2D eigenvalue weighted by molar-refractivity contribution is 6.06. The fraction of sp³-hybridized carbons (Fsp3) is 0.318. The summed E-state index contributed by atoms with van der Waals surface area (Å²) in [5.41, 5.74) is 17.0. The van der Waals surface area contributed by atoms with E-state index in [2.05, 4.69) is 35.0 Å². The first-order chi connectivity index (χ1) is 14.1. The Labute approximate surface area is 169 Å². The number of rotatable bonds is 2. The van der Waals surface area contributed by atoms with Gasteiger partial charge in [-0.25, -0.2) is 9.98 Å². The number of aliphatic imine (C=N–C) groups is 2. The lowest BCUT2D eigenvalue weighted by Crippen LogP contribution is -2.58. The first-order valence-electron chi connectivity index (χ1n) is 10.1. The van der Waals surface area contributed by atoms with Crippen molar-refractivity contribution < 1.29 is 0 Å². The molecular weight excluding hydrogens is 362 g/mol. The number of nitrogens with two attached hydrogens (primary N) is 2. The van der Waals surface area contributed by atoms with Crippen LogP contribution in [-0.2, 0) is 0 Å². The van der Waals surface area contributed by atoms with Gasteiger partial charge in [0.2, 0.25) is 11.9 Å². The van der Waals surface area contributed by atoms with E-state index < -0.39 is 5.66 Å². The van der Waals surface area contributed by atoms with E-state index in [1.807, 2.05) is 35.0 Å². The zero-order chi connectivity index (χ0) is 20.0. The van der Waals surface area contributed by atoms with Crippen LogP contribution in [0.1, 0.15) is 37.7 Å². The van der Waals surface area contributed by atoms with E-state index in [4.69, 9.17) is 21.4 Å². The van der Waals surface area contributed by atoms with Gasteiger partial charge >= 0.3 is 0 Å². The molecule has 5 rings (SSSR count). The largest absolute Gasteiger partial charge is 0.369 e. The molecule has 2 aromatic heterocycles. The Kier molecular flexibility index (Phi) is 4.04. The average Bonchev–Trinajstić information content (AvgIpc) is 3.13. The van der Waals surface area contributed by atoms with Crippen molar-refractivity contribution in [1.29, 1.82) is 0 Å². The van der Waals surface area contributed by atoms with Gasteiger partial charge in [-0.3, -0.25) is 4.90 Å². The predicted octanol–water partition coefficient (Wildman–Crippen LogP) is 3.42. The van der Waals surface area contributed by atoms with Crippen molar-refractivity contribution in [2.75, 3.05) is 4.90 Å². The fourth-order valence-corrected chi connectivity index (χ4v) is 4.55. The molecule has 1 saturated carbocycles. The number of nitrogens with zero attached hydrogens (tertiary/aromatic N) is 5. The van der Waals surface area contributed by atoms with Crippen LogP contribution in [0.3, 0.4) is 0 Å². The number of hydrogen-bond donors (Lipinski definition) is 2. The molecule has 7 heteroatoms. The molecule has 1 spiro atoms. The van der Waals surface area contributed by atoms with Crippen LogP contribution < -0.4 is 16.4 Å². The summed E-state index contributed by atoms with van der Waals surface area (Å²) in [4.78, 5) is 16.0. The topological polar surface area (TPSA) is 97.3 Å². The summed E-state index contributed by atoms with van der Waals surface area (Å²) in [5, 5.41) is 0.